The van der Waals surface area contributed by atoms with Crippen LogP contribution in [0.25, 0.3) is 0 Å². The number of amides is 1. The van der Waals surface area contributed by atoms with E-state index in [-0.39, 0.29) is 5.91 Å². The van der Waals surface area contributed by atoms with Crippen molar-refractivity contribution in [2.75, 3.05) is 12.4 Å². The van der Waals surface area contributed by atoms with Gasteiger partial charge < -0.3 is 14.8 Å². The predicted molar refractivity (Wildman–Crippen MR) is 106 cm³/mol. The van der Waals surface area contributed by atoms with Crippen LogP contribution in [0.15, 0.2) is 51.8 Å². The number of benzene rings is 2. The second-order valence-corrected chi connectivity index (χ2v) is 7.14. The molecule has 0 radical (unpaired) electrons. The topological polar surface area (TPSA) is 60.5 Å². The van der Waals surface area contributed by atoms with Crippen molar-refractivity contribution in [1.82, 2.24) is 4.98 Å². The smallest absolute Gasteiger partial charge is 0.255 e. The van der Waals surface area contributed by atoms with Crippen LogP contribution in [0.4, 0.5) is 5.69 Å². The van der Waals surface area contributed by atoms with Crippen LogP contribution in [0.5, 0.6) is 11.5 Å². The van der Waals surface area contributed by atoms with Gasteiger partial charge in [-0.15, -0.1) is 11.3 Å². The van der Waals surface area contributed by atoms with Gasteiger partial charge in [0, 0.05) is 15.4 Å². The monoisotopic (exact) mass is 432 g/mol. The highest BCUT2D eigenvalue weighted by molar-refractivity contribution is 9.10. The zero-order valence-corrected chi connectivity index (χ0v) is 16.7. The predicted octanol–water partition coefficient (Wildman–Crippen LogP) is 5.05. The molecule has 0 fully saturated rings. The average molecular weight is 433 g/mol. The van der Waals surface area contributed by atoms with E-state index in [4.69, 9.17) is 9.47 Å². The molecule has 0 bridgehead atoms. The summed E-state index contributed by atoms with van der Waals surface area (Å²) in [5, 5.41) is 4.81. The van der Waals surface area contributed by atoms with Crippen LogP contribution in [0.1, 0.15) is 21.6 Å². The van der Waals surface area contributed by atoms with Crippen LogP contribution in [-0.2, 0) is 6.61 Å². The van der Waals surface area contributed by atoms with Crippen LogP contribution in [-0.4, -0.2) is 18.0 Å². The molecule has 0 unspecified atom stereocenters. The molecule has 0 aliphatic carbocycles. The van der Waals surface area contributed by atoms with E-state index in [0.29, 0.717) is 29.4 Å². The highest BCUT2D eigenvalue weighted by Crippen LogP contribution is 2.30. The Morgan fingerprint density at radius 2 is 2.08 bits per heavy atom. The van der Waals surface area contributed by atoms with Crippen molar-refractivity contribution in [3.8, 4) is 11.5 Å². The molecule has 0 saturated heterocycles. The third-order valence-electron chi connectivity index (χ3n) is 3.66. The van der Waals surface area contributed by atoms with Gasteiger partial charge in [0.1, 0.15) is 6.61 Å². The van der Waals surface area contributed by atoms with E-state index >= 15 is 0 Å². The quantitative estimate of drug-likeness (QED) is 0.591. The number of hydrogen-bond donors (Lipinski definition) is 1. The molecule has 0 atom stereocenters. The Labute approximate surface area is 164 Å². The number of methoxy groups -OCH3 is 1. The van der Waals surface area contributed by atoms with Gasteiger partial charge >= 0.3 is 0 Å². The van der Waals surface area contributed by atoms with Crippen LogP contribution in [0, 0.1) is 6.92 Å². The van der Waals surface area contributed by atoms with Crippen LogP contribution >= 0.6 is 27.3 Å². The standard InChI is InChI=1S/C19H17BrN2O3S/c1-12-3-5-16(15(20)7-12)22-19(23)13-4-6-17(18(8-13)24-2)25-9-14-10-26-11-21-14/h3-8,10-11H,9H2,1-2H3,(H,22,23). The summed E-state index contributed by atoms with van der Waals surface area (Å²) >= 11 is 4.98. The van der Waals surface area contributed by atoms with Gasteiger partial charge in [-0.2, -0.15) is 0 Å². The number of aromatic nitrogens is 1. The maximum Gasteiger partial charge on any atom is 0.255 e. The summed E-state index contributed by atoms with van der Waals surface area (Å²) < 4.78 is 11.9. The first kappa shape index (κ1) is 18.4. The second-order valence-electron chi connectivity index (χ2n) is 5.57. The highest BCUT2D eigenvalue weighted by Gasteiger charge is 2.13. The number of hydrogen-bond acceptors (Lipinski definition) is 5. The molecule has 7 heteroatoms. The van der Waals surface area contributed by atoms with Crippen molar-refractivity contribution in [2.45, 2.75) is 13.5 Å². The Morgan fingerprint density at radius 3 is 2.77 bits per heavy atom. The Balaban J connectivity index is 1.74. The van der Waals surface area contributed by atoms with Gasteiger partial charge in [-0.3, -0.25) is 4.79 Å². The molecule has 0 spiro atoms. The average Bonchev–Trinajstić information content (AvgIpc) is 3.15. The van der Waals surface area contributed by atoms with Crippen molar-refractivity contribution in [2.24, 2.45) is 0 Å². The molecule has 1 heterocycles. The summed E-state index contributed by atoms with van der Waals surface area (Å²) in [5.41, 5.74) is 4.91. The Morgan fingerprint density at radius 1 is 1.23 bits per heavy atom. The minimum Gasteiger partial charge on any atom is -0.493 e. The van der Waals surface area contributed by atoms with Gasteiger partial charge in [-0.05, 0) is 58.7 Å². The van der Waals surface area contributed by atoms with Gasteiger partial charge in [-0.25, -0.2) is 4.98 Å². The summed E-state index contributed by atoms with van der Waals surface area (Å²) in [5.74, 6) is 0.836. The Hall–Kier alpha value is -2.38. The largest absolute Gasteiger partial charge is 0.493 e. The number of anilines is 1. The number of aryl methyl sites for hydroxylation is 1. The van der Waals surface area contributed by atoms with Crippen molar-refractivity contribution in [3.63, 3.8) is 0 Å². The van der Waals surface area contributed by atoms with E-state index in [1.165, 1.54) is 11.3 Å². The fraction of sp³-hybridized carbons (Fsp3) is 0.158. The van der Waals surface area contributed by atoms with Crippen LogP contribution in [0.2, 0.25) is 0 Å². The van der Waals surface area contributed by atoms with E-state index in [1.807, 2.05) is 30.5 Å². The Bertz CT molecular complexity index is 913. The van der Waals surface area contributed by atoms with E-state index in [0.717, 1.165) is 15.7 Å². The van der Waals surface area contributed by atoms with Crippen molar-refractivity contribution in [3.05, 3.63) is 68.6 Å². The second kappa shape index (κ2) is 8.33. The first-order valence-electron chi connectivity index (χ1n) is 7.82. The third kappa shape index (κ3) is 4.42. The molecule has 26 heavy (non-hydrogen) atoms. The molecule has 1 aromatic heterocycles. The van der Waals surface area contributed by atoms with Crippen molar-refractivity contribution >= 4 is 38.9 Å². The van der Waals surface area contributed by atoms with Gasteiger partial charge in [0.25, 0.3) is 5.91 Å². The zero-order valence-electron chi connectivity index (χ0n) is 14.3. The number of thiazole rings is 1. The number of carbonyl (C=O) groups is 1. The normalized spacial score (nSPS) is 10.4. The van der Waals surface area contributed by atoms with Gasteiger partial charge in [-0.1, -0.05) is 6.07 Å². The molecular formula is C19H17BrN2O3S. The molecule has 3 rings (SSSR count). The van der Waals surface area contributed by atoms with Crippen molar-refractivity contribution < 1.29 is 14.3 Å². The first-order valence-corrected chi connectivity index (χ1v) is 9.56. The third-order valence-corrected chi connectivity index (χ3v) is 4.95. The molecule has 1 amide bonds. The molecule has 1 N–H and O–H groups in total. The van der Waals surface area contributed by atoms with Crippen LogP contribution < -0.4 is 14.8 Å². The maximum absolute atomic E-state index is 12.5. The molecule has 2 aromatic carbocycles. The lowest BCUT2D eigenvalue weighted by atomic mass is 10.1. The zero-order chi connectivity index (χ0) is 18.5. The number of nitrogens with one attached hydrogen (secondary N) is 1. The van der Waals surface area contributed by atoms with Gasteiger partial charge in [0.2, 0.25) is 0 Å². The minimum atomic E-state index is -0.223. The molecule has 0 aliphatic rings. The minimum absolute atomic E-state index is 0.223. The van der Waals surface area contributed by atoms with Gasteiger partial charge in [0.15, 0.2) is 11.5 Å². The SMILES string of the molecule is COc1cc(C(=O)Nc2ccc(C)cc2Br)ccc1OCc1cscn1. The number of ether oxygens (including phenoxy) is 2. The van der Waals surface area contributed by atoms with Crippen molar-refractivity contribution in [1.29, 1.82) is 0 Å². The first-order chi connectivity index (χ1) is 12.6. The lowest BCUT2D eigenvalue weighted by molar-refractivity contribution is 0.102. The summed E-state index contributed by atoms with van der Waals surface area (Å²) in [4.78, 5) is 16.7. The lowest BCUT2D eigenvalue weighted by Crippen LogP contribution is -2.12. The van der Waals surface area contributed by atoms with E-state index < -0.39 is 0 Å². The van der Waals surface area contributed by atoms with Gasteiger partial charge in [0.05, 0.1) is 24.0 Å². The number of rotatable bonds is 6. The molecule has 0 saturated carbocycles. The summed E-state index contributed by atoms with van der Waals surface area (Å²) in [6.07, 6.45) is 0. The summed E-state index contributed by atoms with van der Waals surface area (Å²) in [7, 11) is 1.54. The summed E-state index contributed by atoms with van der Waals surface area (Å²) in [6.45, 7) is 2.34. The molecule has 134 valence electrons. The number of halogens is 1. The molecule has 3 aromatic rings. The molecular weight excluding hydrogens is 416 g/mol. The number of carbonyl (C=O) groups excluding carboxylic acids is 1. The fourth-order valence-electron chi connectivity index (χ4n) is 2.30. The van der Waals surface area contributed by atoms with E-state index in [9.17, 15) is 4.79 Å². The Kier molecular flexibility index (Phi) is 5.90. The maximum atomic E-state index is 12.5. The lowest BCUT2D eigenvalue weighted by Gasteiger charge is -2.12. The fourth-order valence-corrected chi connectivity index (χ4v) is 3.44. The van der Waals surface area contributed by atoms with Crippen LogP contribution in [0.3, 0.4) is 0 Å². The molecule has 0 aliphatic heterocycles. The molecule has 5 nitrogen and oxygen atoms in total. The van der Waals surface area contributed by atoms with E-state index in [2.05, 4.69) is 26.2 Å². The van der Waals surface area contributed by atoms with E-state index in [1.54, 1.807) is 30.8 Å². The number of nitrogens with zero attached hydrogens (tertiary/aromatic N) is 1. The highest BCUT2D eigenvalue weighted by atomic mass is 79.9. The summed E-state index contributed by atoms with van der Waals surface area (Å²) in [6, 6.07) is 10.8.